The molecule has 1 amide bonds. The van der Waals surface area contributed by atoms with Crippen LogP contribution in [0.4, 0.5) is 0 Å². The van der Waals surface area contributed by atoms with Crippen LogP contribution >= 0.6 is 11.8 Å². The second kappa shape index (κ2) is 10.9. The number of likely N-dealkylation sites (N-methyl/N-ethyl adjacent to an activating group) is 1. The van der Waals surface area contributed by atoms with Gasteiger partial charge in [-0.2, -0.15) is 11.8 Å². The minimum absolute atomic E-state index is 0.00818. The molecule has 8 heteroatoms. The molecule has 3 rings (SSSR count). The van der Waals surface area contributed by atoms with Gasteiger partial charge in [-0.1, -0.05) is 12.1 Å². The Labute approximate surface area is 184 Å². The van der Waals surface area contributed by atoms with E-state index in [1.807, 2.05) is 23.9 Å². The Morgan fingerprint density at radius 2 is 2.17 bits per heavy atom. The second-order valence-electron chi connectivity index (χ2n) is 8.15. The van der Waals surface area contributed by atoms with Crippen molar-refractivity contribution >= 4 is 23.6 Å². The molecule has 1 aromatic rings. The molecule has 0 saturated carbocycles. The van der Waals surface area contributed by atoms with Gasteiger partial charge in [-0.3, -0.25) is 4.79 Å². The molecule has 2 aliphatic heterocycles. The maximum atomic E-state index is 12.0. The maximum absolute atomic E-state index is 12.0. The molecule has 2 unspecified atom stereocenters. The summed E-state index contributed by atoms with van der Waals surface area (Å²) < 4.78 is 11.4. The highest BCUT2D eigenvalue weighted by molar-refractivity contribution is 7.99. The minimum Gasteiger partial charge on any atom is -0.497 e. The number of rotatable bonds is 7. The second-order valence-corrected chi connectivity index (χ2v) is 9.25. The lowest BCUT2D eigenvalue weighted by molar-refractivity contribution is -0.127. The Bertz CT molecular complexity index is 718. The van der Waals surface area contributed by atoms with Crippen molar-refractivity contribution in [1.29, 1.82) is 0 Å². The molecular weight excluding hydrogens is 400 g/mol. The quantitative estimate of drug-likeness (QED) is 0.505. The van der Waals surface area contributed by atoms with E-state index in [1.54, 1.807) is 26.1 Å². The van der Waals surface area contributed by atoms with Crippen LogP contribution in [0.25, 0.3) is 0 Å². The fourth-order valence-corrected chi connectivity index (χ4v) is 5.14. The average Bonchev–Trinajstić information content (AvgIpc) is 3.19. The zero-order chi connectivity index (χ0) is 21.4. The summed E-state index contributed by atoms with van der Waals surface area (Å²) in [7, 11) is 5.18. The maximum Gasteiger partial charge on any atom is 0.243 e. The van der Waals surface area contributed by atoms with Crippen molar-refractivity contribution < 1.29 is 14.3 Å². The van der Waals surface area contributed by atoms with Crippen molar-refractivity contribution in [2.45, 2.75) is 37.3 Å². The SMILES string of the molecule is COc1ccc(CCNC(=NCC(=O)N(C)C)NC2CCOC3(CCSC3)C2)cc1. The number of ether oxygens (including phenoxy) is 2. The van der Waals surface area contributed by atoms with Gasteiger partial charge in [0.2, 0.25) is 5.91 Å². The monoisotopic (exact) mass is 434 g/mol. The van der Waals surface area contributed by atoms with E-state index in [0.717, 1.165) is 50.3 Å². The van der Waals surface area contributed by atoms with E-state index in [0.29, 0.717) is 12.0 Å². The number of methoxy groups -OCH3 is 1. The van der Waals surface area contributed by atoms with Gasteiger partial charge in [0.05, 0.1) is 12.7 Å². The molecule has 2 saturated heterocycles. The smallest absolute Gasteiger partial charge is 0.243 e. The summed E-state index contributed by atoms with van der Waals surface area (Å²) in [6.07, 6.45) is 3.92. The van der Waals surface area contributed by atoms with Crippen LogP contribution in [0.2, 0.25) is 0 Å². The Kier molecular flexibility index (Phi) is 8.27. The molecule has 1 spiro atoms. The van der Waals surface area contributed by atoms with E-state index in [4.69, 9.17) is 9.47 Å². The summed E-state index contributed by atoms with van der Waals surface area (Å²) in [6, 6.07) is 8.39. The normalized spacial score (nSPS) is 24.0. The lowest BCUT2D eigenvalue weighted by Gasteiger charge is -2.38. The number of nitrogens with zero attached hydrogens (tertiary/aromatic N) is 2. The fraction of sp³-hybridized carbons (Fsp3) is 0.636. The van der Waals surface area contributed by atoms with Crippen LogP contribution in [0.5, 0.6) is 5.75 Å². The first-order valence-corrected chi connectivity index (χ1v) is 11.7. The van der Waals surface area contributed by atoms with Gasteiger partial charge in [0.1, 0.15) is 12.3 Å². The van der Waals surface area contributed by atoms with Crippen LogP contribution in [-0.4, -0.2) is 80.8 Å². The highest BCUT2D eigenvalue weighted by Gasteiger charge is 2.40. The van der Waals surface area contributed by atoms with Crippen molar-refractivity contribution in [3.05, 3.63) is 29.8 Å². The zero-order valence-corrected chi connectivity index (χ0v) is 19.1. The van der Waals surface area contributed by atoms with Gasteiger partial charge >= 0.3 is 0 Å². The van der Waals surface area contributed by atoms with Crippen LogP contribution in [0, 0.1) is 0 Å². The van der Waals surface area contributed by atoms with Gasteiger partial charge in [0.15, 0.2) is 5.96 Å². The van der Waals surface area contributed by atoms with Crippen molar-refractivity contribution in [1.82, 2.24) is 15.5 Å². The Balaban J connectivity index is 1.57. The number of nitrogens with one attached hydrogen (secondary N) is 2. The van der Waals surface area contributed by atoms with E-state index in [1.165, 1.54) is 11.3 Å². The van der Waals surface area contributed by atoms with Crippen LogP contribution < -0.4 is 15.4 Å². The third kappa shape index (κ3) is 6.54. The molecule has 30 heavy (non-hydrogen) atoms. The number of benzene rings is 1. The van der Waals surface area contributed by atoms with Crippen LogP contribution in [0.3, 0.4) is 0 Å². The molecule has 7 nitrogen and oxygen atoms in total. The predicted molar refractivity (Wildman–Crippen MR) is 122 cm³/mol. The third-order valence-electron chi connectivity index (χ3n) is 5.64. The predicted octanol–water partition coefficient (Wildman–Crippen LogP) is 1.92. The van der Waals surface area contributed by atoms with E-state index < -0.39 is 0 Å². The van der Waals surface area contributed by atoms with Crippen molar-refractivity contribution in [2.24, 2.45) is 4.99 Å². The van der Waals surface area contributed by atoms with Gasteiger partial charge in [0, 0.05) is 39.0 Å². The molecule has 0 bridgehead atoms. The van der Waals surface area contributed by atoms with Gasteiger partial charge in [-0.05, 0) is 49.1 Å². The molecule has 2 fully saturated rings. The fourth-order valence-electron chi connectivity index (χ4n) is 3.77. The van der Waals surface area contributed by atoms with Crippen LogP contribution in [0.15, 0.2) is 29.3 Å². The summed E-state index contributed by atoms with van der Waals surface area (Å²) in [5.74, 6) is 3.79. The standard InChI is InChI=1S/C22H34N4O3S/c1-26(2)20(27)15-24-21(23-11-8-17-4-6-19(28-3)7-5-17)25-18-9-12-29-22(14-18)10-13-30-16-22/h4-7,18H,8-16H2,1-3H3,(H2,23,24,25). The summed E-state index contributed by atoms with van der Waals surface area (Å²) in [4.78, 5) is 18.1. The number of thioether (sulfide) groups is 1. The van der Waals surface area contributed by atoms with Gasteiger partial charge in [-0.25, -0.2) is 4.99 Å². The van der Waals surface area contributed by atoms with E-state index >= 15 is 0 Å². The lowest BCUT2D eigenvalue weighted by Crippen LogP contribution is -2.52. The highest BCUT2D eigenvalue weighted by atomic mass is 32.2. The van der Waals surface area contributed by atoms with Gasteiger partial charge in [-0.15, -0.1) is 0 Å². The molecule has 0 radical (unpaired) electrons. The first kappa shape index (κ1) is 22.7. The van der Waals surface area contributed by atoms with E-state index in [9.17, 15) is 4.79 Å². The molecule has 2 aliphatic rings. The largest absolute Gasteiger partial charge is 0.497 e. The van der Waals surface area contributed by atoms with Crippen LogP contribution in [0.1, 0.15) is 24.8 Å². The van der Waals surface area contributed by atoms with Crippen molar-refractivity contribution in [2.75, 3.05) is 52.4 Å². The molecule has 2 N–H and O–H groups in total. The van der Waals surface area contributed by atoms with Crippen molar-refractivity contribution in [3.8, 4) is 5.75 Å². The number of aliphatic imine (C=N–C) groups is 1. The number of carbonyl (C=O) groups excluding carboxylic acids is 1. The molecule has 166 valence electrons. The first-order valence-electron chi connectivity index (χ1n) is 10.6. The molecular formula is C22H34N4O3S. The zero-order valence-electron chi connectivity index (χ0n) is 18.3. The molecule has 2 atom stereocenters. The average molecular weight is 435 g/mol. The number of hydrogen-bond donors (Lipinski definition) is 2. The Hall–Kier alpha value is -1.93. The van der Waals surface area contributed by atoms with Crippen molar-refractivity contribution in [3.63, 3.8) is 0 Å². The summed E-state index contributed by atoms with van der Waals surface area (Å²) >= 11 is 1.97. The number of carbonyl (C=O) groups is 1. The minimum atomic E-state index is -0.0121. The molecule has 1 aromatic carbocycles. The number of guanidine groups is 1. The highest BCUT2D eigenvalue weighted by Crippen LogP contribution is 2.38. The van der Waals surface area contributed by atoms with Gasteiger partial charge < -0.3 is 25.0 Å². The number of hydrogen-bond acceptors (Lipinski definition) is 5. The molecule has 0 aromatic heterocycles. The molecule has 2 heterocycles. The Morgan fingerprint density at radius 1 is 1.37 bits per heavy atom. The lowest BCUT2D eigenvalue weighted by atomic mass is 9.90. The van der Waals surface area contributed by atoms with Gasteiger partial charge in [0.25, 0.3) is 0 Å². The molecule has 0 aliphatic carbocycles. The van der Waals surface area contributed by atoms with Crippen LogP contribution in [-0.2, 0) is 16.0 Å². The Morgan fingerprint density at radius 3 is 2.83 bits per heavy atom. The first-order chi connectivity index (χ1) is 14.5. The summed E-state index contributed by atoms with van der Waals surface area (Å²) in [6.45, 7) is 1.64. The number of amides is 1. The summed E-state index contributed by atoms with van der Waals surface area (Å²) in [5, 5.41) is 6.97. The third-order valence-corrected chi connectivity index (χ3v) is 6.86. The van der Waals surface area contributed by atoms with E-state index in [-0.39, 0.29) is 18.1 Å². The summed E-state index contributed by atoms with van der Waals surface area (Å²) in [5.41, 5.74) is 1.23. The topological polar surface area (TPSA) is 75.2 Å². The van der Waals surface area contributed by atoms with E-state index in [2.05, 4.69) is 27.8 Å².